The molecule has 7 heteroatoms. The van der Waals surface area contributed by atoms with Crippen molar-refractivity contribution >= 4 is 17.0 Å². The minimum Gasteiger partial charge on any atom is -0.370 e. The van der Waals surface area contributed by atoms with Crippen molar-refractivity contribution < 1.29 is 9.13 Å². The molecular formula is C25H24FN5O. The number of aromatic nitrogens is 4. The highest BCUT2D eigenvalue weighted by atomic mass is 19.1. The van der Waals surface area contributed by atoms with Gasteiger partial charge in [0.25, 0.3) is 0 Å². The van der Waals surface area contributed by atoms with E-state index in [-0.39, 0.29) is 11.9 Å². The van der Waals surface area contributed by atoms with Gasteiger partial charge in [0, 0.05) is 35.1 Å². The molecule has 1 unspecified atom stereocenters. The second-order valence-corrected chi connectivity index (χ2v) is 8.22. The molecule has 0 aliphatic carbocycles. The normalized spacial score (nSPS) is 16.5. The van der Waals surface area contributed by atoms with Gasteiger partial charge in [0.15, 0.2) is 5.65 Å². The molecule has 0 spiro atoms. The number of aryl methyl sites for hydroxylation is 3. The minimum absolute atomic E-state index is 0.116. The Hall–Kier alpha value is -3.45. The quantitative estimate of drug-likeness (QED) is 0.469. The average molecular weight is 429 g/mol. The van der Waals surface area contributed by atoms with Gasteiger partial charge in [-0.3, -0.25) is 4.98 Å². The van der Waals surface area contributed by atoms with Crippen molar-refractivity contribution in [2.45, 2.75) is 26.9 Å². The van der Waals surface area contributed by atoms with Crippen LogP contribution in [0.4, 0.5) is 10.3 Å². The summed E-state index contributed by atoms with van der Waals surface area (Å²) in [5.41, 5.74) is 5.30. The number of benzene rings is 1. The topological polar surface area (TPSA) is 64.0 Å². The molecule has 0 bridgehead atoms. The Morgan fingerprint density at radius 1 is 0.969 bits per heavy atom. The maximum atomic E-state index is 14.9. The molecule has 1 saturated heterocycles. The summed E-state index contributed by atoms with van der Waals surface area (Å²) < 4.78 is 20.9. The Kier molecular flexibility index (Phi) is 5.27. The second kappa shape index (κ2) is 8.24. The molecule has 6 nitrogen and oxygen atoms in total. The summed E-state index contributed by atoms with van der Waals surface area (Å²) in [5, 5.41) is 0.733. The van der Waals surface area contributed by atoms with E-state index in [1.807, 2.05) is 51.1 Å². The molecule has 1 aliphatic rings. The van der Waals surface area contributed by atoms with Gasteiger partial charge in [-0.05, 0) is 68.3 Å². The summed E-state index contributed by atoms with van der Waals surface area (Å²) in [5.74, 6) is 0.230. The zero-order valence-corrected chi connectivity index (χ0v) is 18.3. The van der Waals surface area contributed by atoms with E-state index in [9.17, 15) is 4.39 Å². The molecule has 0 saturated carbocycles. The maximum Gasteiger partial charge on any atom is 0.228 e. The van der Waals surface area contributed by atoms with Crippen LogP contribution in [0.5, 0.6) is 0 Å². The number of nitrogens with zero attached hydrogens (tertiary/aromatic N) is 5. The predicted octanol–water partition coefficient (Wildman–Crippen LogP) is 4.73. The number of hydrogen-bond acceptors (Lipinski definition) is 6. The average Bonchev–Trinajstić information content (AvgIpc) is 2.78. The lowest BCUT2D eigenvalue weighted by Crippen LogP contribution is -2.39. The first kappa shape index (κ1) is 20.5. The summed E-state index contributed by atoms with van der Waals surface area (Å²) in [6, 6.07) is 13.0. The number of halogens is 1. The maximum absolute atomic E-state index is 14.9. The molecule has 1 aromatic carbocycles. The lowest BCUT2D eigenvalue weighted by molar-refractivity contribution is 0.0391. The number of fused-ring (bicyclic) bond motifs is 1. The predicted molar refractivity (Wildman–Crippen MR) is 122 cm³/mol. The summed E-state index contributed by atoms with van der Waals surface area (Å²) in [4.78, 5) is 20.6. The van der Waals surface area contributed by atoms with E-state index < -0.39 is 0 Å². The van der Waals surface area contributed by atoms with Gasteiger partial charge >= 0.3 is 0 Å². The highest BCUT2D eigenvalue weighted by molar-refractivity contribution is 5.91. The van der Waals surface area contributed by atoms with Gasteiger partial charge in [-0.25, -0.2) is 14.4 Å². The van der Waals surface area contributed by atoms with Crippen LogP contribution in [0, 0.1) is 26.6 Å². The van der Waals surface area contributed by atoms with E-state index in [0.717, 1.165) is 27.9 Å². The van der Waals surface area contributed by atoms with Gasteiger partial charge in [-0.1, -0.05) is 6.07 Å². The lowest BCUT2D eigenvalue weighted by atomic mass is 10.1. The largest absolute Gasteiger partial charge is 0.370 e. The van der Waals surface area contributed by atoms with Crippen LogP contribution in [0.15, 0.2) is 48.7 Å². The molecule has 1 atom stereocenters. The molecule has 0 radical (unpaired) electrons. The summed E-state index contributed by atoms with van der Waals surface area (Å²) in [6.07, 6.45) is 1.68. The lowest BCUT2D eigenvalue weighted by Gasteiger charge is -2.33. The number of rotatable bonds is 3. The van der Waals surface area contributed by atoms with Gasteiger partial charge < -0.3 is 9.64 Å². The van der Waals surface area contributed by atoms with Gasteiger partial charge in [0.2, 0.25) is 5.95 Å². The van der Waals surface area contributed by atoms with Crippen LogP contribution in [-0.4, -0.2) is 39.6 Å². The van der Waals surface area contributed by atoms with Gasteiger partial charge in [0.05, 0.1) is 18.8 Å². The zero-order valence-electron chi connectivity index (χ0n) is 18.3. The Morgan fingerprint density at radius 2 is 1.84 bits per heavy atom. The fourth-order valence-corrected chi connectivity index (χ4v) is 4.05. The smallest absolute Gasteiger partial charge is 0.228 e. The van der Waals surface area contributed by atoms with E-state index in [4.69, 9.17) is 14.7 Å². The molecule has 1 aliphatic heterocycles. The molecule has 3 aromatic heterocycles. The molecule has 0 amide bonds. The molecule has 0 N–H and O–H groups in total. The standard InChI is InChI=1S/C25H24FN5O/c1-15-4-6-19(21(26)12-15)23-20-7-5-16(2)28-24(20)30-25(29-23)31-10-11-32-22(14-31)18-8-9-27-17(3)13-18/h4-9,12-13,22H,10-11,14H2,1-3H3. The van der Waals surface area contributed by atoms with Crippen LogP contribution >= 0.6 is 0 Å². The molecule has 32 heavy (non-hydrogen) atoms. The third-order valence-corrected chi connectivity index (χ3v) is 5.71. The summed E-state index contributed by atoms with van der Waals surface area (Å²) >= 11 is 0. The summed E-state index contributed by atoms with van der Waals surface area (Å²) in [6.45, 7) is 7.54. The van der Waals surface area contributed by atoms with E-state index in [0.29, 0.717) is 42.5 Å². The van der Waals surface area contributed by atoms with Gasteiger partial charge in [0.1, 0.15) is 11.9 Å². The van der Waals surface area contributed by atoms with E-state index in [1.54, 1.807) is 12.3 Å². The first-order chi connectivity index (χ1) is 15.5. The Balaban J connectivity index is 1.59. The monoisotopic (exact) mass is 429 g/mol. The Bertz CT molecular complexity index is 1310. The number of ether oxygens (including phenoxy) is 1. The third-order valence-electron chi connectivity index (χ3n) is 5.71. The van der Waals surface area contributed by atoms with Crippen LogP contribution in [-0.2, 0) is 4.74 Å². The first-order valence-corrected chi connectivity index (χ1v) is 10.7. The highest BCUT2D eigenvalue weighted by Crippen LogP contribution is 2.32. The van der Waals surface area contributed by atoms with Crippen LogP contribution in [0.1, 0.15) is 28.6 Å². The van der Waals surface area contributed by atoms with Crippen molar-refractivity contribution in [3.63, 3.8) is 0 Å². The first-order valence-electron chi connectivity index (χ1n) is 10.7. The molecule has 4 aromatic rings. The number of morpholine rings is 1. The fraction of sp³-hybridized carbons (Fsp3) is 0.280. The van der Waals surface area contributed by atoms with Crippen molar-refractivity contribution in [1.82, 2.24) is 19.9 Å². The van der Waals surface area contributed by atoms with Crippen LogP contribution in [0.3, 0.4) is 0 Å². The van der Waals surface area contributed by atoms with Crippen molar-refractivity contribution in [2.75, 3.05) is 24.6 Å². The second-order valence-electron chi connectivity index (χ2n) is 8.22. The van der Waals surface area contributed by atoms with Crippen molar-refractivity contribution in [2.24, 2.45) is 0 Å². The molecule has 1 fully saturated rings. The molecule has 4 heterocycles. The highest BCUT2D eigenvalue weighted by Gasteiger charge is 2.25. The third kappa shape index (κ3) is 3.91. The summed E-state index contributed by atoms with van der Waals surface area (Å²) in [7, 11) is 0. The van der Waals surface area contributed by atoms with Crippen molar-refractivity contribution in [3.05, 3.63) is 77.0 Å². The van der Waals surface area contributed by atoms with Gasteiger partial charge in [-0.15, -0.1) is 0 Å². The minimum atomic E-state index is -0.302. The molecule has 162 valence electrons. The van der Waals surface area contributed by atoms with E-state index >= 15 is 0 Å². The molecule has 5 rings (SSSR count). The Morgan fingerprint density at radius 3 is 2.66 bits per heavy atom. The van der Waals surface area contributed by atoms with Crippen LogP contribution in [0.25, 0.3) is 22.3 Å². The zero-order chi connectivity index (χ0) is 22.2. The molecular weight excluding hydrogens is 405 g/mol. The SMILES string of the molecule is Cc1ccc(-c2nc(N3CCOC(c4ccnc(C)c4)C3)nc3nc(C)ccc23)c(F)c1. The van der Waals surface area contributed by atoms with Crippen LogP contribution < -0.4 is 4.90 Å². The van der Waals surface area contributed by atoms with E-state index in [1.165, 1.54) is 6.07 Å². The van der Waals surface area contributed by atoms with Crippen molar-refractivity contribution in [3.8, 4) is 11.3 Å². The number of hydrogen-bond donors (Lipinski definition) is 0. The Labute approximate surface area is 186 Å². The van der Waals surface area contributed by atoms with Crippen molar-refractivity contribution in [1.29, 1.82) is 0 Å². The van der Waals surface area contributed by atoms with Crippen LogP contribution in [0.2, 0.25) is 0 Å². The fourth-order valence-electron chi connectivity index (χ4n) is 4.05. The van der Waals surface area contributed by atoms with Gasteiger partial charge in [-0.2, -0.15) is 4.98 Å². The van der Waals surface area contributed by atoms with E-state index in [2.05, 4.69) is 14.9 Å². The number of anilines is 1. The number of pyridine rings is 2.